The molecule has 10 heteroatoms. The minimum atomic E-state index is -0.0829. The van der Waals surface area contributed by atoms with Gasteiger partial charge < -0.3 is 29.6 Å². The van der Waals surface area contributed by atoms with Crippen LogP contribution in [0, 0.1) is 6.92 Å². The zero-order valence-corrected chi connectivity index (χ0v) is 24.8. The number of pyridine rings is 2. The van der Waals surface area contributed by atoms with Gasteiger partial charge in [0.1, 0.15) is 5.82 Å². The van der Waals surface area contributed by atoms with E-state index >= 15 is 0 Å². The largest absolute Gasteiger partial charge is 0.378 e. The molecule has 3 amide bonds. The molecule has 1 fully saturated rings. The van der Waals surface area contributed by atoms with Crippen molar-refractivity contribution >= 4 is 34.8 Å². The summed E-state index contributed by atoms with van der Waals surface area (Å²) >= 11 is 0. The zero-order valence-electron chi connectivity index (χ0n) is 24.8. The first-order chi connectivity index (χ1) is 20.4. The highest BCUT2D eigenvalue weighted by Crippen LogP contribution is 2.32. The predicted molar refractivity (Wildman–Crippen MR) is 165 cm³/mol. The normalized spacial score (nSPS) is 14.0. The molecule has 0 saturated carbocycles. The Morgan fingerprint density at radius 3 is 2.62 bits per heavy atom. The number of amides is 3. The number of ether oxygens (including phenoxy) is 1. The molecular weight excluding hydrogens is 530 g/mol. The van der Waals surface area contributed by atoms with Crippen molar-refractivity contribution in [1.29, 1.82) is 0 Å². The summed E-state index contributed by atoms with van der Waals surface area (Å²) in [6.45, 7) is 11.3. The van der Waals surface area contributed by atoms with Crippen LogP contribution < -0.4 is 10.6 Å². The van der Waals surface area contributed by atoms with Crippen LogP contribution in [0.15, 0.2) is 61.2 Å². The van der Waals surface area contributed by atoms with Gasteiger partial charge in [0.2, 0.25) is 0 Å². The average Bonchev–Trinajstić information content (AvgIpc) is 3.50. The quantitative estimate of drug-likeness (QED) is 0.258. The van der Waals surface area contributed by atoms with Crippen molar-refractivity contribution in [2.75, 3.05) is 43.5 Å². The van der Waals surface area contributed by atoms with Crippen molar-refractivity contribution in [3.05, 3.63) is 72.3 Å². The van der Waals surface area contributed by atoms with Crippen LogP contribution in [0.4, 0.5) is 22.0 Å². The van der Waals surface area contributed by atoms with Crippen LogP contribution in [0.25, 0.3) is 16.8 Å². The molecule has 0 bridgehead atoms. The van der Waals surface area contributed by atoms with Crippen molar-refractivity contribution in [3.8, 4) is 11.1 Å². The van der Waals surface area contributed by atoms with Crippen molar-refractivity contribution in [2.45, 2.75) is 46.6 Å². The minimum absolute atomic E-state index is 0.0422. The number of carbonyl (C=O) groups excluding carboxylic acids is 2. The Hall–Kier alpha value is -4.44. The lowest BCUT2D eigenvalue weighted by Crippen LogP contribution is -2.41. The molecule has 0 spiro atoms. The lowest BCUT2D eigenvalue weighted by atomic mass is 10.00. The summed E-state index contributed by atoms with van der Waals surface area (Å²) in [5, 5.41) is 6.54. The highest BCUT2D eigenvalue weighted by atomic mass is 16.5. The van der Waals surface area contributed by atoms with Crippen LogP contribution in [-0.4, -0.2) is 75.0 Å². The highest BCUT2D eigenvalue weighted by molar-refractivity contribution is 5.94. The van der Waals surface area contributed by atoms with E-state index in [1.54, 1.807) is 29.4 Å². The standard InChI is InChI=1S/C32H39N7O3/c1-5-13-39(22(3)6-2)32(41)36-27-9-7-8-26(23(27)4)25-19-28(30-33-12-14-38(30)21-25)35-29-11-10-24(20-34-29)31(40)37-15-17-42-18-16-37/h7-12,14,19-22H,5-6,13,15-18H2,1-4H3,(H,34,35)(H,36,41). The molecule has 1 atom stereocenters. The van der Waals surface area contributed by atoms with E-state index < -0.39 is 0 Å². The number of hydrogen-bond donors (Lipinski definition) is 2. The summed E-state index contributed by atoms with van der Waals surface area (Å²) in [6, 6.07) is 11.7. The second-order valence-electron chi connectivity index (χ2n) is 10.6. The van der Waals surface area contributed by atoms with E-state index in [2.05, 4.69) is 47.4 Å². The highest BCUT2D eigenvalue weighted by Gasteiger charge is 2.21. The molecule has 1 aromatic carbocycles. The third kappa shape index (κ3) is 6.23. The number of carbonyl (C=O) groups is 2. The SMILES string of the molecule is CCCN(C(=O)Nc1cccc(-c2cc(Nc3ccc(C(=O)N4CCOCC4)cn3)c3nccn3c2)c1C)C(C)CC. The van der Waals surface area contributed by atoms with E-state index in [0.717, 1.165) is 46.6 Å². The maximum Gasteiger partial charge on any atom is 0.322 e. The summed E-state index contributed by atoms with van der Waals surface area (Å²) < 4.78 is 7.32. The molecule has 4 heterocycles. The molecule has 0 radical (unpaired) electrons. The summed E-state index contributed by atoms with van der Waals surface area (Å²) in [6.07, 6.45) is 9.08. The number of nitrogens with zero attached hydrogens (tertiary/aromatic N) is 5. The first kappa shape index (κ1) is 29.1. The Balaban J connectivity index is 1.40. The fourth-order valence-electron chi connectivity index (χ4n) is 5.21. The molecule has 220 valence electrons. The van der Waals surface area contributed by atoms with Gasteiger partial charge in [0, 0.05) is 61.7 Å². The molecule has 42 heavy (non-hydrogen) atoms. The third-order valence-corrected chi connectivity index (χ3v) is 7.79. The van der Waals surface area contributed by atoms with Gasteiger partial charge in [0.05, 0.1) is 24.5 Å². The second-order valence-corrected chi connectivity index (χ2v) is 10.6. The molecular formula is C32H39N7O3. The van der Waals surface area contributed by atoms with E-state index in [9.17, 15) is 9.59 Å². The molecule has 1 aliphatic heterocycles. The zero-order chi connectivity index (χ0) is 29.6. The molecule has 3 aromatic heterocycles. The van der Waals surface area contributed by atoms with Gasteiger partial charge in [-0.3, -0.25) is 4.79 Å². The number of nitrogens with one attached hydrogen (secondary N) is 2. The van der Waals surface area contributed by atoms with Gasteiger partial charge in [-0.15, -0.1) is 0 Å². The number of fused-ring (bicyclic) bond motifs is 1. The third-order valence-electron chi connectivity index (χ3n) is 7.79. The maximum atomic E-state index is 13.2. The first-order valence-corrected chi connectivity index (χ1v) is 14.6. The Kier molecular flexibility index (Phi) is 9.02. The molecule has 4 aromatic rings. The Morgan fingerprint density at radius 1 is 1.10 bits per heavy atom. The number of imidazole rings is 1. The average molecular weight is 570 g/mol. The van der Waals surface area contributed by atoms with Crippen molar-refractivity contribution < 1.29 is 14.3 Å². The molecule has 1 aliphatic rings. The van der Waals surface area contributed by atoms with E-state index in [4.69, 9.17) is 4.74 Å². The number of urea groups is 1. The van der Waals surface area contributed by atoms with Crippen LogP contribution in [0.1, 0.15) is 49.5 Å². The van der Waals surface area contributed by atoms with Crippen LogP contribution >= 0.6 is 0 Å². The monoisotopic (exact) mass is 569 g/mol. The molecule has 1 unspecified atom stereocenters. The van der Waals surface area contributed by atoms with Gasteiger partial charge in [0.15, 0.2) is 5.65 Å². The Bertz CT molecular complexity index is 1540. The van der Waals surface area contributed by atoms with Crippen molar-refractivity contribution in [2.24, 2.45) is 0 Å². The maximum absolute atomic E-state index is 13.2. The molecule has 1 saturated heterocycles. The number of hydrogen-bond acceptors (Lipinski definition) is 6. The molecule has 5 rings (SSSR count). The number of morpholine rings is 1. The second kappa shape index (κ2) is 13.0. The molecule has 10 nitrogen and oxygen atoms in total. The van der Waals surface area contributed by atoms with Crippen LogP contribution in [0.5, 0.6) is 0 Å². The minimum Gasteiger partial charge on any atom is -0.378 e. The van der Waals surface area contributed by atoms with Gasteiger partial charge in [0.25, 0.3) is 5.91 Å². The number of anilines is 3. The summed E-state index contributed by atoms with van der Waals surface area (Å²) in [5.74, 6) is 0.564. The summed E-state index contributed by atoms with van der Waals surface area (Å²) in [4.78, 5) is 38.8. The topological polar surface area (TPSA) is 104 Å². The van der Waals surface area contributed by atoms with E-state index in [1.807, 2.05) is 46.8 Å². The number of benzene rings is 1. The van der Waals surface area contributed by atoms with Gasteiger partial charge in [-0.25, -0.2) is 14.8 Å². The van der Waals surface area contributed by atoms with Crippen molar-refractivity contribution in [1.82, 2.24) is 24.2 Å². The van der Waals surface area contributed by atoms with Crippen LogP contribution in [0.2, 0.25) is 0 Å². The fraction of sp³-hybridized carbons (Fsp3) is 0.375. The van der Waals surface area contributed by atoms with Gasteiger partial charge in [-0.1, -0.05) is 26.0 Å². The van der Waals surface area contributed by atoms with E-state index in [0.29, 0.717) is 44.2 Å². The predicted octanol–water partition coefficient (Wildman–Crippen LogP) is 5.96. The fourth-order valence-corrected chi connectivity index (χ4v) is 5.21. The lowest BCUT2D eigenvalue weighted by molar-refractivity contribution is 0.0302. The molecule has 0 aliphatic carbocycles. The van der Waals surface area contributed by atoms with E-state index in [-0.39, 0.29) is 18.0 Å². The lowest BCUT2D eigenvalue weighted by Gasteiger charge is -2.29. The summed E-state index contributed by atoms with van der Waals surface area (Å²) in [7, 11) is 0. The van der Waals surface area contributed by atoms with Gasteiger partial charge >= 0.3 is 6.03 Å². The Labute approximate surface area is 246 Å². The first-order valence-electron chi connectivity index (χ1n) is 14.6. The number of aromatic nitrogens is 3. The molecule has 2 N–H and O–H groups in total. The van der Waals surface area contributed by atoms with Crippen LogP contribution in [-0.2, 0) is 4.74 Å². The smallest absolute Gasteiger partial charge is 0.322 e. The summed E-state index contributed by atoms with van der Waals surface area (Å²) in [5.41, 5.74) is 5.78. The van der Waals surface area contributed by atoms with Gasteiger partial charge in [-0.2, -0.15) is 0 Å². The van der Waals surface area contributed by atoms with Gasteiger partial charge in [-0.05, 0) is 62.1 Å². The Morgan fingerprint density at radius 2 is 1.90 bits per heavy atom. The van der Waals surface area contributed by atoms with Crippen LogP contribution in [0.3, 0.4) is 0 Å². The van der Waals surface area contributed by atoms with E-state index in [1.165, 1.54) is 0 Å². The number of rotatable bonds is 9. The van der Waals surface area contributed by atoms with Crippen molar-refractivity contribution in [3.63, 3.8) is 0 Å².